The minimum atomic E-state index is 0. The minimum absolute atomic E-state index is 0. The highest BCUT2D eigenvalue weighted by atomic mass is 16.5. The fourth-order valence-electron chi connectivity index (χ4n) is 18.6. The van der Waals surface area contributed by atoms with Gasteiger partial charge in [0.05, 0.1) is 79.0 Å². The van der Waals surface area contributed by atoms with E-state index in [-0.39, 0.29) is 7.43 Å². The molecule has 22 aromatic rings. The molecule has 0 radical (unpaired) electrons. The molecule has 0 unspecified atom stereocenters. The van der Waals surface area contributed by atoms with Crippen LogP contribution >= 0.6 is 0 Å². The Hall–Kier alpha value is -18.2. The number of aromatic nitrogens is 18. The Kier molecular flexibility index (Phi) is 30.3. The van der Waals surface area contributed by atoms with E-state index in [0.29, 0.717) is 11.6 Å². The van der Waals surface area contributed by atoms with Gasteiger partial charge in [0.2, 0.25) is 0 Å². The molecule has 9 aromatic heterocycles. The Morgan fingerprint density at radius 3 is 1.20 bits per heavy atom. The molecule has 4 aliphatic heterocycles. The van der Waals surface area contributed by atoms with Gasteiger partial charge in [0.25, 0.3) is 0 Å². The average Bonchev–Trinajstić information content (AvgIpc) is 1.62. The Bertz CT molecular complexity index is 8690. The SMILES string of the molecule is C.C(=Cc1ncc2ccccc2n1)C1=NC(c2ccccc2)=CC1.C1=C(c2ccccc2)N=C(/C=C/c2ncc3ccccc3n2)C1.C1=C(c2ccccc2)N=C(CCc2ncc3ccccc3n2)C1.Cc1nc(CCc2nc3c4c(ccc3n2C)CCCO4)nc2ccccc12.Cc1nc(CCc2nc3c4ccccc4ccc3n2C)nc2ccccc12.Cn1cc(-c2ccccc2)nc1CCc1ncc2ccccc2n1. The summed E-state index contributed by atoms with van der Waals surface area (Å²) in [5, 5.41) is 8.93. The van der Waals surface area contributed by atoms with Crippen molar-refractivity contribution in [1.29, 1.82) is 0 Å². The summed E-state index contributed by atoms with van der Waals surface area (Å²) in [5.74, 6) is 9.04. The highest BCUT2D eigenvalue weighted by molar-refractivity contribution is 6.07. The predicted octanol–water partition coefficient (Wildman–Crippen LogP) is 26.7. The maximum atomic E-state index is 5.93. The van der Waals surface area contributed by atoms with Crippen molar-refractivity contribution in [3.8, 4) is 17.0 Å². The molecule has 26 rings (SSSR count). The molecule has 0 aliphatic carbocycles. The molecule has 0 N–H and O–H groups in total. The summed E-state index contributed by atoms with van der Waals surface area (Å²) in [4.78, 5) is 83.6. The monoisotopic (exact) mass is 1930 g/mol. The number of ether oxygens (including phenoxy) is 1. The number of rotatable bonds is 20. The van der Waals surface area contributed by atoms with Crippen molar-refractivity contribution < 1.29 is 4.74 Å². The Labute approximate surface area is 859 Å². The zero-order chi connectivity index (χ0) is 99.6. The molecule has 0 atom stereocenters. The molecule has 0 amide bonds. The first-order chi connectivity index (χ1) is 72.3. The quantitative estimate of drug-likeness (QED) is 0.0687. The van der Waals surface area contributed by atoms with Crippen LogP contribution in [0.5, 0.6) is 5.75 Å². The van der Waals surface area contributed by atoms with Crippen molar-refractivity contribution in [2.45, 2.75) is 105 Å². The van der Waals surface area contributed by atoms with Gasteiger partial charge in [-0.05, 0) is 134 Å². The lowest BCUT2D eigenvalue weighted by molar-refractivity contribution is 0.291. The van der Waals surface area contributed by atoms with Gasteiger partial charge >= 0.3 is 0 Å². The van der Waals surface area contributed by atoms with E-state index < -0.39 is 0 Å². The van der Waals surface area contributed by atoms with Crippen molar-refractivity contribution >= 4 is 145 Å². The van der Waals surface area contributed by atoms with Gasteiger partial charge in [-0.2, -0.15) is 0 Å². The van der Waals surface area contributed by atoms with Crippen LogP contribution < -0.4 is 4.74 Å². The molecular weight excluding hydrogens is 1820 g/mol. The fourth-order valence-corrected chi connectivity index (χ4v) is 18.6. The van der Waals surface area contributed by atoms with E-state index in [9.17, 15) is 0 Å². The molecule has 22 nitrogen and oxygen atoms in total. The zero-order valence-electron chi connectivity index (χ0n) is 82.6. The molecule has 13 aromatic carbocycles. The number of benzene rings is 13. The molecule has 22 heteroatoms. The van der Waals surface area contributed by atoms with Crippen LogP contribution in [0.15, 0.2) is 392 Å². The summed E-state index contributed by atoms with van der Waals surface area (Å²) in [6.45, 7) is 4.88. The second-order valence-electron chi connectivity index (χ2n) is 36.5. The molecule has 13 heterocycles. The number of imidazole rings is 3. The maximum absolute atomic E-state index is 5.93. The second-order valence-corrected chi connectivity index (χ2v) is 36.5. The number of hydrogen-bond donors (Lipinski definition) is 0. The van der Waals surface area contributed by atoms with Crippen LogP contribution in [0, 0.1) is 13.8 Å². The van der Waals surface area contributed by atoms with Crippen LogP contribution in [-0.4, -0.2) is 112 Å². The van der Waals surface area contributed by atoms with Crippen molar-refractivity contribution in [2.75, 3.05) is 6.61 Å². The molecular formula is C126H111N21O. The van der Waals surface area contributed by atoms with E-state index >= 15 is 0 Å². The third kappa shape index (κ3) is 23.3. The minimum Gasteiger partial charge on any atom is -0.491 e. The Balaban J connectivity index is 0.000000108. The van der Waals surface area contributed by atoms with Crippen LogP contribution in [0.1, 0.15) is 126 Å². The fraction of sp³-hybridized carbons (Fsp3) is 0.159. The van der Waals surface area contributed by atoms with Crippen LogP contribution in [0.3, 0.4) is 0 Å². The van der Waals surface area contributed by atoms with E-state index in [4.69, 9.17) is 44.6 Å². The van der Waals surface area contributed by atoms with E-state index in [2.05, 4.69) is 224 Å². The zero-order valence-corrected chi connectivity index (χ0v) is 82.6. The third-order valence-corrected chi connectivity index (χ3v) is 26.5. The lowest BCUT2D eigenvalue weighted by Crippen LogP contribution is -2.08. The Morgan fingerprint density at radius 2 is 0.689 bits per heavy atom. The van der Waals surface area contributed by atoms with Crippen molar-refractivity contribution in [1.82, 2.24) is 88.5 Å². The number of aryl methyl sites for hydroxylation is 13. The van der Waals surface area contributed by atoms with Gasteiger partial charge in [0.15, 0.2) is 11.6 Å². The van der Waals surface area contributed by atoms with E-state index in [1.165, 1.54) is 33.1 Å². The molecule has 0 bridgehead atoms. The number of fused-ring (bicyclic) bond motifs is 12. The molecule has 0 saturated carbocycles. The van der Waals surface area contributed by atoms with Gasteiger partial charge in [-0.15, -0.1) is 0 Å². The summed E-state index contributed by atoms with van der Waals surface area (Å²) in [6.07, 6.45) is 35.2. The van der Waals surface area contributed by atoms with E-state index in [1.807, 2.05) is 263 Å². The smallest absolute Gasteiger partial charge is 0.152 e. The highest BCUT2D eigenvalue weighted by Crippen LogP contribution is 2.36. The Morgan fingerprint density at radius 1 is 0.304 bits per heavy atom. The predicted molar refractivity (Wildman–Crippen MR) is 603 cm³/mol. The second kappa shape index (κ2) is 46.0. The van der Waals surface area contributed by atoms with Gasteiger partial charge in [-0.1, -0.05) is 293 Å². The van der Waals surface area contributed by atoms with E-state index in [1.54, 1.807) is 0 Å². The summed E-state index contributed by atoms with van der Waals surface area (Å²) in [5.41, 5.74) is 25.7. The molecule has 148 heavy (non-hydrogen) atoms. The first-order valence-electron chi connectivity index (χ1n) is 50.0. The standard InChI is InChI=1S/C23H20N4.C22H22N4O.C20H18N4.C20H17N3.2C20H15N3.CH4/c1-15-17-8-5-6-10-19(17)25-21(24-15)13-14-22-26-23-18-9-4-3-7-16(18)11-12-20(23)27(22)2;1-14-16-7-3-4-8-17(16)24-19(23-14)11-12-20-25-21-18(26(20)2)10-9-15-6-5-13-27-22(15)21;1-24-14-18(15-7-3-2-4-8-15)23-20(24)12-11-19-21-13-16-9-5-6-10-17(16)22-19;3*1-2-6-15(7-3-1)19-12-10-17(22-19)11-13-20-21-14-16-8-4-5-9-18(16)23-20;/h3-12H,13-14H2,1-2H3;3-4,7-10H,5-6,11-13H2,1-2H3;2-10,13-14H,11-12H2,1H3;1-9,12,14H,10-11,13H2;2*1-9,11-14H,10H2;1H4/b;;;;13-11+;;. The summed E-state index contributed by atoms with van der Waals surface area (Å²) >= 11 is 0. The van der Waals surface area contributed by atoms with Crippen molar-refractivity contribution in [3.05, 3.63) is 463 Å². The van der Waals surface area contributed by atoms with Gasteiger partial charge in [-0.3, -0.25) is 15.0 Å². The number of allylic oxidation sites excluding steroid dienone is 5. The lowest BCUT2D eigenvalue weighted by atomic mass is 10.1. The van der Waals surface area contributed by atoms with Crippen LogP contribution in [0.4, 0.5) is 0 Å². The molecule has 4 aliphatic rings. The molecule has 0 fully saturated rings. The van der Waals surface area contributed by atoms with Crippen molar-refractivity contribution in [2.24, 2.45) is 36.1 Å². The van der Waals surface area contributed by atoms with Crippen molar-refractivity contribution in [3.63, 3.8) is 0 Å². The third-order valence-electron chi connectivity index (χ3n) is 26.5. The normalized spacial score (nSPS) is 13.0. The van der Waals surface area contributed by atoms with Gasteiger partial charge < -0.3 is 18.4 Å². The van der Waals surface area contributed by atoms with Gasteiger partial charge in [0, 0.05) is 188 Å². The topological polar surface area (TPSA) is 254 Å². The average molecular weight is 1940 g/mol. The van der Waals surface area contributed by atoms with Gasteiger partial charge in [0.1, 0.15) is 52.0 Å². The molecule has 0 spiro atoms. The summed E-state index contributed by atoms with van der Waals surface area (Å²) in [7, 11) is 6.20. The molecule has 726 valence electrons. The van der Waals surface area contributed by atoms with Gasteiger partial charge in [-0.25, -0.2) is 74.8 Å². The number of para-hydroxylation sites is 6. The number of nitrogens with zero attached hydrogens (tertiary/aromatic N) is 21. The first-order valence-corrected chi connectivity index (χ1v) is 50.0. The maximum Gasteiger partial charge on any atom is 0.152 e. The number of aliphatic imine (C=N–C) groups is 3. The number of hydrogen-bond acceptors (Lipinski definition) is 19. The van der Waals surface area contributed by atoms with E-state index in [0.717, 1.165) is 281 Å². The largest absolute Gasteiger partial charge is 0.491 e. The highest BCUT2D eigenvalue weighted by Gasteiger charge is 2.22. The van der Waals surface area contributed by atoms with Crippen LogP contribution in [-0.2, 0) is 72.5 Å². The summed E-state index contributed by atoms with van der Waals surface area (Å²) in [6, 6.07) is 107. The summed E-state index contributed by atoms with van der Waals surface area (Å²) < 4.78 is 12.4. The van der Waals surface area contributed by atoms with Crippen LogP contribution in [0.2, 0.25) is 0 Å². The molecule has 0 saturated heterocycles. The van der Waals surface area contributed by atoms with Crippen LogP contribution in [0.25, 0.3) is 139 Å². The lowest BCUT2D eigenvalue weighted by Gasteiger charge is -2.17. The first kappa shape index (κ1) is 97.3.